The lowest BCUT2D eigenvalue weighted by molar-refractivity contribution is 0.186. The van der Waals surface area contributed by atoms with E-state index in [9.17, 15) is 5.11 Å². The molecule has 0 heterocycles. The minimum Gasteiger partial charge on any atom is -0.387 e. The van der Waals surface area contributed by atoms with Gasteiger partial charge in [0.2, 0.25) is 0 Å². The zero-order valence-corrected chi connectivity index (χ0v) is 9.73. The lowest BCUT2D eigenvalue weighted by atomic mass is 10.1. The number of hydrogen-bond acceptors (Lipinski definition) is 2. The molecule has 1 unspecified atom stereocenters. The highest BCUT2D eigenvalue weighted by atomic mass is 79.9. The van der Waals surface area contributed by atoms with Crippen molar-refractivity contribution in [2.24, 2.45) is 5.73 Å². The summed E-state index contributed by atoms with van der Waals surface area (Å²) >= 11 is 3.39. The minimum atomic E-state index is -0.554. The molecule has 0 aliphatic heterocycles. The first-order valence-electron chi connectivity index (χ1n) is 3.79. The lowest BCUT2D eigenvalue weighted by Gasteiger charge is -2.08. The predicted octanol–water partition coefficient (Wildman–Crippen LogP) is 2.17. The lowest BCUT2D eigenvalue weighted by Crippen LogP contribution is -2.11. The zero-order chi connectivity index (χ0) is 9.14. The molecule has 1 aromatic rings. The van der Waals surface area contributed by atoms with Crippen molar-refractivity contribution in [3.63, 3.8) is 0 Å². The number of benzene rings is 1. The fraction of sp³-hybridized carbons (Fsp3) is 0.333. The van der Waals surface area contributed by atoms with Gasteiger partial charge in [-0.3, -0.25) is 0 Å². The molecule has 2 nitrogen and oxygen atoms in total. The van der Waals surface area contributed by atoms with Crippen LogP contribution in [0.3, 0.4) is 0 Å². The molecule has 0 aliphatic carbocycles. The van der Waals surface area contributed by atoms with Crippen LogP contribution >= 0.6 is 28.3 Å². The predicted molar refractivity (Wildman–Crippen MR) is 60.1 cm³/mol. The Kier molecular flexibility index (Phi) is 5.56. The van der Waals surface area contributed by atoms with E-state index in [0.29, 0.717) is 0 Å². The molecule has 0 bridgehead atoms. The molecule has 1 rings (SSSR count). The number of aliphatic hydroxyl groups excluding tert-OH is 1. The van der Waals surface area contributed by atoms with E-state index in [-0.39, 0.29) is 19.0 Å². The number of hydrogen-bond donors (Lipinski definition) is 2. The molecular formula is C9H13BrClNO. The van der Waals surface area contributed by atoms with Gasteiger partial charge in [-0.15, -0.1) is 12.4 Å². The quantitative estimate of drug-likeness (QED) is 0.862. The van der Waals surface area contributed by atoms with Gasteiger partial charge in [-0.25, -0.2) is 0 Å². The highest BCUT2D eigenvalue weighted by molar-refractivity contribution is 9.10. The van der Waals surface area contributed by atoms with E-state index in [1.54, 1.807) is 0 Å². The fourth-order valence-corrected chi connectivity index (χ4v) is 1.35. The van der Waals surface area contributed by atoms with E-state index in [1.165, 1.54) is 0 Å². The minimum absolute atomic E-state index is 0. The van der Waals surface area contributed by atoms with Gasteiger partial charge in [-0.05, 0) is 24.1 Å². The second kappa shape index (κ2) is 5.60. The van der Waals surface area contributed by atoms with Gasteiger partial charge in [0.15, 0.2) is 0 Å². The smallest absolute Gasteiger partial charge is 0.0912 e. The highest BCUT2D eigenvalue weighted by Gasteiger charge is 2.05. The van der Waals surface area contributed by atoms with E-state index in [2.05, 4.69) is 15.9 Å². The second-order valence-corrected chi connectivity index (χ2v) is 3.61. The van der Waals surface area contributed by atoms with E-state index in [0.717, 1.165) is 15.6 Å². The molecule has 0 aliphatic rings. The fourth-order valence-electron chi connectivity index (χ4n) is 0.952. The van der Waals surface area contributed by atoms with Crippen molar-refractivity contribution in [2.75, 3.05) is 6.54 Å². The Balaban J connectivity index is 0.00000144. The summed E-state index contributed by atoms with van der Waals surface area (Å²) in [5.41, 5.74) is 7.34. The Morgan fingerprint density at radius 3 is 2.62 bits per heavy atom. The van der Waals surface area contributed by atoms with Crippen molar-refractivity contribution in [3.05, 3.63) is 33.8 Å². The first kappa shape index (κ1) is 12.9. The van der Waals surface area contributed by atoms with Crippen LogP contribution in [0.25, 0.3) is 0 Å². The van der Waals surface area contributed by atoms with Gasteiger partial charge in [0, 0.05) is 11.0 Å². The summed E-state index contributed by atoms with van der Waals surface area (Å²) in [5.74, 6) is 0. The summed E-state index contributed by atoms with van der Waals surface area (Å²) in [4.78, 5) is 0. The summed E-state index contributed by atoms with van der Waals surface area (Å²) in [6.07, 6.45) is -0.554. The van der Waals surface area contributed by atoms with E-state index in [4.69, 9.17) is 5.73 Å². The van der Waals surface area contributed by atoms with Gasteiger partial charge in [-0.1, -0.05) is 28.1 Å². The molecule has 0 saturated heterocycles. The highest BCUT2D eigenvalue weighted by Crippen LogP contribution is 2.21. The number of nitrogens with two attached hydrogens (primary N) is 1. The Labute approximate surface area is 92.7 Å². The molecule has 0 aromatic heterocycles. The van der Waals surface area contributed by atoms with E-state index >= 15 is 0 Å². The molecule has 3 N–H and O–H groups in total. The molecule has 74 valence electrons. The first-order chi connectivity index (χ1) is 5.65. The molecule has 13 heavy (non-hydrogen) atoms. The Bertz CT molecular complexity index is 280. The maximum Gasteiger partial charge on any atom is 0.0912 e. The van der Waals surface area contributed by atoms with Crippen molar-refractivity contribution < 1.29 is 5.11 Å². The molecule has 0 saturated carbocycles. The number of halogens is 2. The molecule has 0 amide bonds. The summed E-state index contributed by atoms with van der Waals surface area (Å²) in [6, 6.07) is 5.74. The largest absolute Gasteiger partial charge is 0.387 e. The third-order valence-electron chi connectivity index (χ3n) is 1.80. The third-order valence-corrected chi connectivity index (χ3v) is 2.66. The van der Waals surface area contributed by atoms with Crippen LogP contribution in [0.15, 0.2) is 22.7 Å². The van der Waals surface area contributed by atoms with Gasteiger partial charge in [0.1, 0.15) is 0 Å². The topological polar surface area (TPSA) is 46.2 Å². The van der Waals surface area contributed by atoms with Gasteiger partial charge in [0.25, 0.3) is 0 Å². The number of aryl methyl sites for hydroxylation is 1. The maximum atomic E-state index is 9.40. The van der Waals surface area contributed by atoms with Crippen molar-refractivity contribution in [1.82, 2.24) is 0 Å². The van der Waals surface area contributed by atoms with Crippen molar-refractivity contribution in [3.8, 4) is 0 Å². The molecular weight excluding hydrogens is 253 g/mol. The third kappa shape index (κ3) is 3.27. The van der Waals surface area contributed by atoms with Gasteiger partial charge < -0.3 is 10.8 Å². The van der Waals surface area contributed by atoms with Gasteiger partial charge >= 0.3 is 0 Å². The van der Waals surface area contributed by atoms with Crippen LogP contribution in [0, 0.1) is 6.92 Å². The van der Waals surface area contributed by atoms with Crippen LogP contribution in [0.2, 0.25) is 0 Å². The molecule has 0 spiro atoms. The number of rotatable bonds is 2. The summed E-state index contributed by atoms with van der Waals surface area (Å²) in [7, 11) is 0. The normalized spacial score (nSPS) is 12.0. The van der Waals surface area contributed by atoms with E-state index < -0.39 is 6.10 Å². The molecule has 1 atom stereocenters. The molecule has 0 radical (unpaired) electrons. The van der Waals surface area contributed by atoms with Gasteiger partial charge in [-0.2, -0.15) is 0 Å². The summed E-state index contributed by atoms with van der Waals surface area (Å²) in [5, 5.41) is 9.40. The maximum absolute atomic E-state index is 9.40. The first-order valence-corrected chi connectivity index (χ1v) is 4.58. The van der Waals surface area contributed by atoms with Crippen LogP contribution in [0.1, 0.15) is 17.2 Å². The Hall–Kier alpha value is -0.0900. The number of aliphatic hydroxyl groups is 1. The van der Waals surface area contributed by atoms with Crippen molar-refractivity contribution in [2.45, 2.75) is 13.0 Å². The van der Waals surface area contributed by atoms with Crippen molar-refractivity contribution >= 4 is 28.3 Å². The SMILES string of the molecule is Cc1ccc(C(O)CN)cc1Br.Cl. The van der Waals surface area contributed by atoms with Crippen LogP contribution < -0.4 is 5.73 Å². The van der Waals surface area contributed by atoms with Crippen LogP contribution in [0.4, 0.5) is 0 Å². The average Bonchev–Trinajstić information content (AvgIpc) is 2.08. The summed E-state index contributed by atoms with van der Waals surface area (Å²) < 4.78 is 1.01. The van der Waals surface area contributed by atoms with Crippen LogP contribution in [0.5, 0.6) is 0 Å². The summed E-state index contributed by atoms with van der Waals surface area (Å²) in [6.45, 7) is 2.26. The average molecular weight is 267 g/mol. The van der Waals surface area contributed by atoms with E-state index in [1.807, 2.05) is 25.1 Å². The Morgan fingerprint density at radius 1 is 1.54 bits per heavy atom. The molecule has 4 heteroatoms. The molecule has 1 aromatic carbocycles. The van der Waals surface area contributed by atoms with Crippen LogP contribution in [-0.2, 0) is 0 Å². The standard InChI is InChI=1S/C9H12BrNO.ClH/c1-6-2-3-7(4-8(6)10)9(12)5-11;/h2-4,9,12H,5,11H2,1H3;1H. The Morgan fingerprint density at radius 2 is 2.15 bits per heavy atom. The molecule has 0 fully saturated rings. The van der Waals surface area contributed by atoms with Gasteiger partial charge in [0.05, 0.1) is 6.10 Å². The van der Waals surface area contributed by atoms with Crippen molar-refractivity contribution in [1.29, 1.82) is 0 Å². The van der Waals surface area contributed by atoms with Crippen LogP contribution in [-0.4, -0.2) is 11.7 Å². The monoisotopic (exact) mass is 265 g/mol. The second-order valence-electron chi connectivity index (χ2n) is 2.76. The zero-order valence-electron chi connectivity index (χ0n) is 7.33.